The van der Waals surface area contributed by atoms with Gasteiger partial charge in [0, 0.05) is 11.5 Å². The predicted molar refractivity (Wildman–Crippen MR) is 75.9 cm³/mol. The third-order valence-corrected chi connectivity index (χ3v) is 2.98. The van der Waals surface area contributed by atoms with Gasteiger partial charge in [0.15, 0.2) is 0 Å². The molecule has 0 aliphatic rings. The van der Waals surface area contributed by atoms with Gasteiger partial charge in [-0.1, -0.05) is 18.2 Å². The molecule has 0 aliphatic carbocycles. The van der Waals surface area contributed by atoms with E-state index in [0.717, 1.165) is 0 Å². The van der Waals surface area contributed by atoms with E-state index in [4.69, 9.17) is 5.73 Å². The van der Waals surface area contributed by atoms with Crippen LogP contribution in [0.25, 0.3) is 10.9 Å². The largest absolute Gasteiger partial charge is 0.508 e. The van der Waals surface area contributed by atoms with E-state index in [2.05, 4.69) is 10.2 Å². The molecule has 1 heterocycles. The molecule has 2 amide bonds. The molecule has 0 fully saturated rings. The fourth-order valence-electron chi connectivity index (χ4n) is 2.10. The number of hydrogen-bond donors (Lipinski definition) is 3. The molecule has 20 heavy (non-hydrogen) atoms. The van der Waals surface area contributed by atoms with Crippen LogP contribution in [0.4, 0.5) is 16.3 Å². The lowest BCUT2D eigenvalue weighted by atomic mass is 10.2. The minimum absolute atomic E-state index is 0.112. The van der Waals surface area contributed by atoms with E-state index in [1.54, 1.807) is 18.2 Å². The molecular weight excluding hydrogens is 256 g/mol. The Kier molecular flexibility index (Phi) is 2.76. The smallest absolute Gasteiger partial charge is 0.325 e. The number of fused-ring (bicyclic) bond motifs is 1. The van der Waals surface area contributed by atoms with E-state index >= 15 is 0 Å². The Morgan fingerprint density at radius 3 is 2.65 bits per heavy atom. The summed E-state index contributed by atoms with van der Waals surface area (Å²) in [5.74, 6) is 0.583. The number of carbonyl (C=O) groups excluding carboxylic acids is 1. The van der Waals surface area contributed by atoms with Gasteiger partial charge in [-0.25, -0.2) is 9.69 Å². The van der Waals surface area contributed by atoms with Crippen molar-refractivity contribution in [3.63, 3.8) is 0 Å². The lowest BCUT2D eigenvalue weighted by molar-refractivity contribution is 0.256. The standard InChI is InChI=1S/C14H12N4O2/c15-14(20)18(9-4-2-1-3-5-9)13-11-7-6-10(19)8-12(11)16-17-13/h1-8,19H,(H2,15,20)(H,16,17). The number of hydrogen-bond acceptors (Lipinski definition) is 3. The first-order valence-electron chi connectivity index (χ1n) is 5.98. The molecule has 0 bridgehead atoms. The number of para-hydroxylation sites is 1. The Labute approximate surface area is 114 Å². The van der Waals surface area contributed by atoms with Crippen molar-refractivity contribution in [2.45, 2.75) is 0 Å². The molecule has 0 saturated carbocycles. The Morgan fingerprint density at radius 1 is 1.20 bits per heavy atom. The molecule has 0 spiro atoms. The number of phenolic OH excluding ortho intramolecular Hbond substituents is 1. The summed E-state index contributed by atoms with van der Waals surface area (Å²) in [5.41, 5.74) is 6.67. The van der Waals surface area contributed by atoms with Crippen LogP contribution in [0.5, 0.6) is 5.75 Å². The highest BCUT2D eigenvalue weighted by molar-refractivity contribution is 6.05. The van der Waals surface area contributed by atoms with Gasteiger partial charge >= 0.3 is 6.03 Å². The average Bonchev–Trinajstić information content (AvgIpc) is 2.83. The molecule has 2 aromatic carbocycles. The maximum atomic E-state index is 11.8. The number of primary amides is 1. The van der Waals surface area contributed by atoms with Gasteiger partial charge in [-0.2, -0.15) is 5.10 Å². The number of benzene rings is 2. The number of nitrogens with one attached hydrogen (secondary N) is 1. The topological polar surface area (TPSA) is 95.2 Å². The summed E-state index contributed by atoms with van der Waals surface area (Å²) in [6, 6.07) is 13.1. The van der Waals surface area contributed by atoms with Crippen molar-refractivity contribution in [3.05, 3.63) is 48.5 Å². The number of rotatable bonds is 2. The number of amides is 2. The molecule has 6 heteroatoms. The fraction of sp³-hybridized carbons (Fsp3) is 0. The first-order chi connectivity index (χ1) is 9.66. The van der Waals surface area contributed by atoms with E-state index in [1.165, 1.54) is 17.0 Å². The third-order valence-electron chi connectivity index (χ3n) is 2.98. The Balaban J connectivity index is 2.18. The Hall–Kier alpha value is -3.02. The zero-order valence-electron chi connectivity index (χ0n) is 10.4. The Bertz CT molecular complexity index is 767. The zero-order chi connectivity index (χ0) is 14.1. The summed E-state index contributed by atoms with van der Waals surface area (Å²) < 4.78 is 0. The Morgan fingerprint density at radius 2 is 1.95 bits per heavy atom. The third kappa shape index (κ3) is 1.93. The minimum atomic E-state index is -0.616. The van der Waals surface area contributed by atoms with Gasteiger partial charge in [0.05, 0.1) is 11.2 Å². The summed E-state index contributed by atoms with van der Waals surface area (Å²) in [7, 11) is 0. The molecule has 1 aromatic heterocycles. The van der Waals surface area contributed by atoms with Gasteiger partial charge in [0.2, 0.25) is 0 Å². The van der Waals surface area contributed by atoms with Crippen LogP contribution in [0, 0.1) is 0 Å². The second-order valence-electron chi connectivity index (χ2n) is 4.28. The van der Waals surface area contributed by atoms with Crippen LogP contribution in [0.2, 0.25) is 0 Å². The van der Waals surface area contributed by atoms with Crippen LogP contribution in [-0.4, -0.2) is 21.3 Å². The van der Waals surface area contributed by atoms with Gasteiger partial charge in [0.1, 0.15) is 11.6 Å². The number of aromatic hydroxyl groups is 1. The SMILES string of the molecule is NC(=O)N(c1ccccc1)c1[nH]nc2cc(O)ccc12. The highest BCUT2D eigenvalue weighted by atomic mass is 16.3. The monoisotopic (exact) mass is 268 g/mol. The molecule has 4 N–H and O–H groups in total. The number of nitrogens with two attached hydrogens (primary N) is 1. The van der Waals surface area contributed by atoms with Gasteiger partial charge in [0.25, 0.3) is 0 Å². The van der Waals surface area contributed by atoms with Crippen molar-refractivity contribution in [1.29, 1.82) is 0 Å². The summed E-state index contributed by atoms with van der Waals surface area (Å²) in [6.07, 6.45) is 0. The molecule has 0 atom stereocenters. The number of urea groups is 1. The van der Waals surface area contributed by atoms with E-state index in [9.17, 15) is 9.90 Å². The summed E-state index contributed by atoms with van der Waals surface area (Å²) in [6.45, 7) is 0. The lowest BCUT2D eigenvalue weighted by Gasteiger charge is -2.18. The van der Waals surface area contributed by atoms with Crippen molar-refractivity contribution in [2.75, 3.05) is 4.90 Å². The highest BCUT2D eigenvalue weighted by Crippen LogP contribution is 2.31. The number of H-pyrrole nitrogens is 1. The summed E-state index contributed by atoms with van der Waals surface area (Å²) in [5, 5.41) is 17.0. The number of nitrogens with zero attached hydrogens (tertiary/aromatic N) is 2. The molecule has 100 valence electrons. The van der Waals surface area contributed by atoms with E-state index < -0.39 is 6.03 Å². The number of aromatic nitrogens is 2. The summed E-state index contributed by atoms with van der Waals surface area (Å²) >= 11 is 0. The van der Waals surface area contributed by atoms with Crippen LogP contribution < -0.4 is 10.6 Å². The van der Waals surface area contributed by atoms with Gasteiger partial charge in [-0.3, -0.25) is 5.10 Å². The second kappa shape index (κ2) is 4.58. The van der Waals surface area contributed by atoms with Crippen LogP contribution in [0.1, 0.15) is 0 Å². The van der Waals surface area contributed by atoms with Crippen LogP contribution in [0.15, 0.2) is 48.5 Å². The molecular formula is C14H12N4O2. The van der Waals surface area contributed by atoms with Crippen molar-refractivity contribution >= 4 is 28.4 Å². The fourth-order valence-corrected chi connectivity index (χ4v) is 2.10. The first-order valence-corrected chi connectivity index (χ1v) is 5.98. The number of phenols is 1. The average molecular weight is 268 g/mol. The van der Waals surface area contributed by atoms with Crippen LogP contribution in [0.3, 0.4) is 0 Å². The molecule has 3 aromatic rings. The molecule has 0 unspecified atom stereocenters. The molecule has 3 rings (SSSR count). The maximum absolute atomic E-state index is 11.8. The molecule has 6 nitrogen and oxygen atoms in total. The zero-order valence-corrected chi connectivity index (χ0v) is 10.4. The maximum Gasteiger partial charge on any atom is 0.325 e. The van der Waals surface area contributed by atoms with Crippen molar-refractivity contribution in [1.82, 2.24) is 10.2 Å². The summed E-state index contributed by atoms with van der Waals surface area (Å²) in [4.78, 5) is 13.1. The normalized spacial score (nSPS) is 10.6. The van der Waals surface area contributed by atoms with Crippen LogP contribution >= 0.6 is 0 Å². The number of aromatic amines is 1. The molecule has 0 radical (unpaired) electrons. The van der Waals surface area contributed by atoms with E-state index in [0.29, 0.717) is 22.4 Å². The second-order valence-corrected chi connectivity index (χ2v) is 4.28. The van der Waals surface area contributed by atoms with Crippen LogP contribution in [-0.2, 0) is 0 Å². The predicted octanol–water partition coefficient (Wildman–Crippen LogP) is 2.49. The first kappa shape index (κ1) is 12.0. The van der Waals surface area contributed by atoms with Crippen molar-refractivity contribution in [3.8, 4) is 5.75 Å². The number of anilines is 2. The van der Waals surface area contributed by atoms with Gasteiger partial charge in [-0.15, -0.1) is 0 Å². The van der Waals surface area contributed by atoms with Crippen molar-refractivity contribution < 1.29 is 9.90 Å². The minimum Gasteiger partial charge on any atom is -0.508 e. The van der Waals surface area contributed by atoms with Crippen molar-refractivity contribution in [2.24, 2.45) is 5.73 Å². The van der Waals surface area contributed by atoms with Gasteiger partial charge in [-0.05, 0) is 24.3 Å². The molecule has 0 saturated heterocycles. The van der Waals surface area contributed by atoms with Gasteiger partial charge < -0.3 is 10.8 Å². The van der Waals surface area contributed by atoms with E-state index in [1.807, 2.05) is 18.2 Å². The number of carbonyl (C=O) groups is 1. The lowest BCUT2D eigenvalue weighted by Crippen LogP contribution is -2.31. The highest BCUT2D eigenvalue weighted by Gasteiger charge is 2.19. The molecule has 0 aliphatic heterocycles. The van der Waals surface area contributed by atoms with E-state index in [-0.39, 0.29) is 5.75 Å². The quantitative estimate of drug-likeness (QED) is 0.666.